The minimum absolute atomic E-state index is 0.182. The van der Waals surface area contributed by atoms with Crippen LogP contribution in [-0.4, -0.2) is 55.4 Å². The molecule has 0 amide bonds. The van der Waals surface area contributed by atoms with Gasteiger partial charge in [-0.25, -0.2) is 0 Å². The van der Waals surface area contributed by atoms with Gasteiger partial charge in [-0.1, -0.05) is 53.8 Å². The number of Topliss-reactive ketones (excluding diaryl/α,β-unsaturated/α-hetero) is 1. The summed E-state index contributed by atoms with van der Waals surface area (Å²) < 4.78 is 6.28. The predicted molar refractivity (Wildman–Crippen MR) is 151 cm³/mol. The summed E-state index contributed by atoms with van der Waals surface area (Å²) in [5, 5.41) is 0. The number of benzene rings is 3. The lowest BCUT2D eigenvalue weighted by atomic mass is 10.0. The third-order valence-corrected chi connectivity index (χ3v) is 6.74. The van der Waals surface area contributed by atoms with Crippen LogP contribution in [0.4, 0.5) is 0 Å². The van der Waals surface area contributed by atoms with E-state index in [1.807, 2.05) is 38.4 Å². The summed E-state index contributed by atoms with van der Waals surface area (Å²) in [6, 6.07) is 24.6. The van der Waals surface area contributed by atoms with Gasteiger partial charge in [0.05, 0.1) is 0 Å². The van der Waals surface area contributed by atoms with Crippen LogP contribution in [-0.2, 0) is 6.54 Å². The number of hydrogen-bond acceptors (Lipinski definition) is 4. The monoisotopic (exact) mass is 494 g/mol. The first-order valence-corrected chi connectivity index (χ1v) is 13.3. The van der Waals surface area contributed by atoms with Gasteiger partial charge in [-0.05, 0) is 88.8 Å². The number of ether oxygens (including phenoxy) is 1. The highest BCUT2D eigenvalue weighted by molar-refractivity contribution is 5.96. The minimum Gasteiger partial charge on any atom is -0.490 e. The van der Waals surface area contributed by atoms with Crippen LogP contribution >= 0.6 is 0 Å². The van der Waals surface area contributed by atoms with E-state index in [0.717, 1.165) is 67.9 Å². The summed E-state index contributed by atoms with van der Waals surface area (Å²) in [7, 11) is 4.06. The number of rotatable bonds is 9. The molecule has 0 saturated carbocycles. The van der Waals surface area contributed by atoms with Gasteiger partial charge in [0.25, 0.3) is 0 Å². The summed E-state index contributed by atoms with van der Waals surface area (Å²) in [5.74, 6) is 7.57. The Hall–Kier alpha value is -3.39. The van der Waals surface area contributed by atoms with Crippen LogP contribution in [0.5, 0.6) is 5.75 Å². The van der Waals surface area contributed by atoms with Crippen molar-refractivity contribution in [3.63, 3.8) is 0 Å². The Balaban J connectivity index is 1.26. The fraction of sp³-hybridized carbons (Fsp3) is 0.364. The molecule has 0 N–H and O–H groups in total. The van der Waals surface area contributed by atoms with Crippen LogP contribution in [0, 0.1) is 18.8 Å². The van der Waals surface area contributed by atoms with Crippen molar-refractivity contribution in [1.82, 2.24) is 9.80 Å². The van der Waals surface area contributed by atoms with Gasteiger partial charge in [0.1, 0.15) is 11.9 Å². The molecular weight excluding hydrogens is 456 g/mol. The van der Waals surface area contributed by atoms with E-state index in [0.29, 0.717) is 6.42 Å². The van der Waals surface area contributed by atoms with Crippen molar-refractivity contribution in [1.29, 1.82) is 0 Å². The van der Waals surface area contributed by atoms with Gasteiger partial charge in [-0.3, -0.25) is 9.69 Å². The Morgan fingerprint density at radius 3 is 2.43 bits per heavy atom. The molecule has 1 heterocycles. The Kier molecular flexibility index (Phi) is 9.54. The molecule has 0 aromatic heterocycles. The molecule has 4 rings (SSSR count). The van der Waals surface area contributed by atoms with Gasteiger partial charge >= 0.3 is 0 Å². The van der Waals surface area contributed by atoms with Gasteiger partial charge in [0, 0.05) is 42.7 Å². The second kappa shape index (κ2) is 13.2. The van der Waals surface area contributed by atoms with E-state index < -0.39 is 0 Å². The molecule has 4 heteroatoms. The molecule has 37 heavy (non-hydrogen) atoms. The summed E-state index contributed by atoms with van der Waals surface area (Å²) >= 11 is 0. The van der Waals surface area contributed by atoms with Crippen LogP contribution in [0.15, 0.2) is 72.8 Å². The first kappa shape index (κ1) is 26.7. The molecule has 0 spiro atoms. The summed E-state index contributed by atoms with van der Waals surface area (Å²) in [6.45, 7) is 5.92. The standard InChI is InChI=1S/C33H38N2O2/c1-26-12-14-27(15-13-26)16-17-28-7-4-8-29(23-28)25-35-21-18-31(19-22-35)37-32-10-5-9-30(24-32)33(36)11-6-20-34(2)3/h4-5,7-10,12-15,23-24,31H,6,11,18-22,25H2,1-3H3. The second-order valence-electron chi connectivity index (χ2n) is 10.3. The van der Waals surface area contributed by atoms with Gasteiger partial charge in [0.15, 0.2) is 5.78 Å². The zero-order valence-corrected chi connectivity index (χ0v) is 22.4. The lowest BCUT2D eigenvalue weighted by Gasteiger charge is -2.32. The SMILES string of the molecule is Cc1ccc(C#Cc2cccc(CN3CCC(Oc4cccc(C(=O)CCCN(C)C)c4)CC3)c2)cc1. The smallest absolute Gasteiger partial charge is 0.163 e. The van der Waals surface area contributed by atoms with E-state index in [4.69, 9.17) is 4.74 Å². The maximum absolute atomic E-state index is 12.5. The first-order valence-electron chi connectivity index (χ1n) is 13.3. The highest BCUT2D eigenvalue weighted by atomic mass is 16.5. The van der Waals surface area contributed by atoms with Crippen LogP contribution in [0.1, 0.15) is 58.3 Å². The molecule has 0 unspecified atom stereocenters. The molecule has 1 aliphatic rings. The van der Waals surface area contributed by atoms with Gasteiger partial charge in [-0.2, -0.15) is 0 Å². The molecule has 1 aliphatic heterocycles. The molecule has 1 saturated heterocycles. The quantitative estimate of drug-likeness (QED) is 0.271. The van der Waals surface area contributed by atoms with Crippen LogP contribution in [0.3, 0.4) is 0 Å². The van der Waals surface area contributed by atoms with Crippen molar-refractivity contribution in [3.05, 3.63) is 101 Å². The normalized spacial score (nSPS) is 14.3. The van der Waals surface area contributed by atoms with Crippen molar-refractivity contribution in [2.24, 2.45) is 0 Å². The maximum Gasteiger partial charge on any atom is 0.163 e. The molecular formula is C33H38N2O2. The molecule has 0 radical (unpaired) electrons. The average Bonchev–Trinajstić information content (AvgIpc) is 2.90. The van der Waals surface area contributed by atoms with Crippen LogP contribution in [0.2, 0.25) is 0 Å². The number of hydrogen-bond donors (Lipinski definition) is 0. The fourth-order valence-corrected chi connectivity index (χ4v) is 4.61. The molecule has 0 bridgehead atoms. The number of piperidine rings is 1. The summed E-state index contributed by atoms with van der Waals surface area (Å²) in [4.78, 5) is 17.1. The topological polar surface area (TPSA) is 32.8 Å². The van der Waals surface area contributed by atoms with E-state index in [9.17, 15) is 4.79 Å². The average molecular weight is 495 g/mol. The zero-order valence-electron chi connectivity index (χ0n) is 22.4. The maximum atomic E-state index is 12.5. The number of ketones is 1. The van der Waals surface area contributed by atoms with Crippen molar-refractivity contribution >= 4 is 5.78 Å². The third-order valence-electron chi connectivity index (χ3n) is 6.74. The van der Waals surface area contributed by atoms with E-state index in [1.54, 1.807) is 0 Å². The van der Waals surface area contributed by atoms with E-state index in [-0.39, 0.29) is 11.9 Å². The molecule has 3 aromatic rings. The third kappa shape index (κ3) is 8.60. The highest BCUT2D eigenvalue weighted by Gasteiger charge is 2.21. The molecule has 0 atom stereocenters. The zero-order chi connectivity index (χ0) is 26.0. The van der Waals surface area contributed by atoms with Crippen LogP contribution < -0.4 is 4.74 Å². The van der Waals surface area contributed by atoms with Gasteiger partial charge < -0.3 is 9.64 Å². The number of aryl methyl sites for hydroxylation is 1. The molecule has 3 aromatic carbocycles. The van der Waals surface area contributed by atoms with E-state index in [1.165, 1.54) is 11.1 Å². The fourth-order valence-electron chi connectivity index (χ4n) is 4.61. The van der Waals surface area contributed by atoms with Crippen molar-refractivity contribution in [2.45, 2.75) is 45.3 Å². The van der Waals surface area contributed by atoms with E-state index >= 15 is 0 Å². The predicted octanol–water partition coefficient (Wildman–Crippen LogP) is 5.96. The Labute approximate surface area is 222 Å². The van der Waals surface area contributed by atoms with Gasteiger partial charge in [-0.15, -0.1) is 0 Å². The molecule has 1 fully saturated rings. The summed E-state index contributed by atoms with van der Waals surface area (Å²) in [5.41, 5.74) is 5.37. The Morgan fingerprint density at radius 1 is 0.946 bits per heavy atom. The number of carbonyl (C=O) groups is 1. The second-order valence-corrected chi connectivity index (χ2v) is 10.3. The van der Waals surface area contributed by atoms with E-state index in [2.05, 4.69) is 77.1 Å². The lowest BCUT2D eigenvalue weighted by Crippen LogP contribution is -2.37. The lowest BCUT2D eigenvalue weighted by molar-refractivity contribution is 0.0949. The van der Waals surface area contributed by atoms with Gasteiger partial charge in [0.2, 0.25) is 0 Å². The molecule has 4 nitrogen and oxygen atoms in total. The Morgan fingerprint density at radius 2 is 1.68 bits per heavy atom. The first-order chi connectivity index (χ1) is 17.9. The molecule has 192 valence electrons. The minimum atomic E-state index is 0.182. The molecule has 0 aliphatic carbocycles. The number of carbonyl (C=O) groups excluding carboxylic acids is 1. The highest BCUT2D eigenvalue weighted by Crippen LogP contribution is 2.22. The Bertz CT molecular complexity index is 1230. The largest absolute Gasteiger partial charge is 0.490 e. The number of likely N-dealkylation sites (tertiary alicyclic amines) is 1. The van der Waals surface area contributed by atoms with Crippen molar-refractivity contribution in [3.8, 4) is 17.6 Å². The van der Waals surface area contributed by atoms with Crippen molar-refractivity contribution in [2.75, 3.05) is 33.7 Å². The van der Waals surface area contributed by atoms with Crippen LogP contribution in [0.25, 0.3) is 0 Å². The summed E-state index contributed by atoms with van der Waals surface area (Å²) in [6.07, 6.45) is 3.58. The number of nitrogens with zero attached hydrogens (tertiary/aromatic N) is 2. The van der Waals surface area contributed by atoms with Crippen molar-refractivity contribution < 1.29 is 9.53 Å².